The van der Waals surface area contributed by atoms with Crippen LogP contribution in [0.1, 0.15) is 15.9 Å². The number of nitrogens with zero attached hydrogens (tertiary/aromatic N) is 2. The van der Waals surface area contributed by atoms with Crippen LogP contribution in [0.15, 0.2) is 36.7 Å². The van der Waals surface area contributed by atoms with Crippen LogP contribution < -0.4 is 4.74 Å². The number of hydrogen-bond acceptors (Lipinski definition) is 3. The summed E-state index contributed by atoms with van der Waals surface area (Å²) >= 11 is 0. The number of fused-ring (bicyclic) bond motifs is 1. The van der Waals surface area contributed by atoms with Gasteiger partial charge in [-0.1, -0.05) is 6.07 Å². The molecule has 0 radical (unpaired) electrons. The Bertz CT molecular complexity index is 908. The molecule has 0 bridgehead atoms. The second kappa shape index (κ2) is 6.27. The summed E-state index contributed by atoms with van der Waals surface area (Å²) in [6.07, 6.45) is 1.40. The van der Waals surface area contributed by atoms with Crippen molar-refractivity contribution in [3.05, 3.63) is 59.4 Å². The molecule has 0 spiro atoms. The van der Waals surface area contributed by atoms with Gasteiger partial charge in [-0.15, -0.1) is 0 Å². The van der Waals surface area contributed by atoms with Gasteiger partial charge < -0.3 is 14.6 Å². The van der Waals surface area contributed by atoms with Crippen LogP contribution in [0.25, 0.3) is 11.0 Å². The lowest BCUT2D eigenvalue weighted by Gasteiger charge is -2.18. The summed E-state index contributed by atoms with van der Waals surface area (Å²) < 4.78 is 32.3. The Morgan fingerprint density at radius 2 is 2.08 bits per heavy atom. The average molecular weight is 331 g/mol. The molecule has 5 nitrogen and oxygen atoms in total. The minimum atomic E-state index is -0.529. The van der Waals surface area contributed by atoms with Gasteiger partial charge in [-0.25, -0.2) is 13.8 Å². The predicted octanol–water partition coefficient (Wildman–Crippen LogP) is 3.12. The topological polar surface area (TPSA) is 58.2 Å². The summed E-state index contributed by atoms with van der Waals surface area (Å²) in [4.78, 5) is 20.8. The lowest BCUT2D eigenvalue weighted by atomic mass is 10.1. The number of imidazole rings is 1. The van der Waals surface area contributed by atoms with Crippen molar-refractivity contribution in [3.8, 4) is 5.75 Å². The number of methoxy groups -OCH3 is 1. The first kappa shape index (κ1) is 15.9. The lowest BCUT2D eigenvalue weighted by Crippen LogP contribution is -2.26. The molecule has 0 saturated heterocycles. The van der Waals surface area contributed by atoms with Gasteiger partial charge in [-0.3, -0.25) is 4.79 Å². The molecule has 1 N–H and O–H groups in total. The summed E-state index contributed by atoms with van der Waals surface area (Å²) in [6, 6.07) is 6.89. The molecule has 7 heteroatoms. The third-order valence-corrected chi connectivity index (χ3v) is 3.70. The van der Waals surface area contributed by atoms with Crippen LogP contribution >= 0.6 is 0 Å². The maximum atomic E-state index is 13.8. The zero-order valence-corrected chi connectivity index (χ0v) is 13.1. The molecule has 3 aromatic rings. The van der Waals surface area contributed by atoms with E-state index in [4.69, 9.17) is 4.74 Å². The monoisotopic (exact) mass is 331 g/mol. The molecule has 0 fully saturated rings. The van der Waals surface area contributed by atoms with Crippen molar-refractivity contribution in [1.29, 1.82) is 0 Å². The van der Waals surface area contributed by atoms with Crippen LogP contribution in [0.4, 0.5) is 8.78 Å². The fourth-order valence-electron chi connectivity index (χ4n) is 2.54. The highest BCUT2D eigenvalue weighted by atomic mass is 19.1. The number of H-pyrrole nitrogens is 1. The molecule has 1 amide bonds. The van der Waals surface area contributed by atoms with Crippen LogP contribution in [0.2, 0.25) is 0 Å². The van der Waals surface area contributed by atoms with E-state index >= 15 is 0 Å². The highest BCUT2D eigenvalue weighted by Crippen LogP contribution is 2.21. The molecule has 2 aromatic carbocycles. The normalized spacial score (nSPS) is 10.8. The second-order valence-electron chi connectivity index (χ2n) is 5.38. The van der Waals surface area contributed by atoms with Crippen LogP contribution in [0, 0.1) is 11.6 Å². The zero-order valence-electron chi connectivity index (χ0n) is 13.1. The Balaban J connectivity index is 1.86. The highest BCUT2D eigenvalue weighted by molar-refractivity contribution is 6.04. The molecule has 1 heterocycles. The van der Waals surface area contributed by atoms with Gasteiger partial charge in [0.15, 0.2) is 11.6 Å². The van der Waals surface area contributed by atoms with Gasteiger partial charge >= 0.3 is 0 Å². The zero-order chi connectivity index (χ0) is 17.3. The van der Waals surface area contributed by atoms with E-state index in [1.165, 1.54) is 36.5 Å². The molecule has 1 aromatic heterocycles. The molecule has 124 valence electrons. The van der Waals surface area contributed by atoms with E-state index in [1.807, 2.05) is 0 Å². The predicted molar refractivity (Wildman–Crippen MR) is 84.8 cm³/mol. The van der Waals surface area contributed by atoms with E-state index in [1.54, 1.807) is 13.1 Å². The van der Waals surface area contributed by atoms with Crippen molar-refractivity contribution in [3.63, 3.8) is 0 Å². The minimum absolute atomic E-state index is 0.135. The van der Waals surface area contributed by atoms with Crippen molar-refractivity contribution in [2.24, 2.45) is 0 Å². The molecule has 24 heavy (non-hydrogen) atoms. The number of carbonyl (C=O) groups excluding carboxylic acids is 1. The number of carbonyl (C=O) groups is 1. The number of aromatic amines is 1. The van der Waals surface area contributed by atoms with Crippen molar-refractivity contribution < 1.29 is 18.3 Å². The van der Waals surface area contributed by atoms with Gasteiger partial charge in [0.1, 0.15) is 11.3 Å². The second-order valence-corrected chi connectivity index (χ2v) is 5.38. The van der Waals surface area contributed by atoms with E-state index in [9.17, 15) is 13.6 Å². The van der Waals surface area contributed by atoms with E-state index in [0.717, 1.165) is 6.07 Å². The fourth-order valence-corrected chi connectivity index (χ4v) is 2.54. The lowest BCUT2D eigenvalue weighted by molar-refractivity contribution is 0.0786. The number of nitrogens with one attached hydrogen (secondary N) is 1. The number of ether oxygens (including phenoxy) is 1. The third-order valence-electron chi connectivity index (χ3n) is 3.70. The molecule has 0 saturated carbocycles. The molecular formula is C17H15F2N3O2. The Labute approximate surface area is 136 Å². The van der Waals surface area contributed by atoms with Gasteiger partial charge in [0, 0.05) is 13.6 Å². The Morgan fingerprint density at radius 3 is 2.79 bits per heavy atom. The van der Waals surface area contributed by atoms with Gasteiger partial charge in [-0.05, 0) is 29.8 Å². The number of amides is 1. The number of aromatic nitrogens is 2. The van der Waals surface area contributed by atoms with Crippen molar-refractivity contribution in [2.45, 2.75) is 6.54 Å². The minimum Gasteiger partial charge on any atom is -0.494 e. The maximum absolute atomic E-state index is 13.8. The first-order valence-corrected chi connectivity index (χ1v) is 7.20. The molecule has 0 atom stereocenters. The van der Waals surface area contributed by atoms with Crippen LogP contribution in [-0.4, -0.2) is 34.9 Å². The molecule has 0 aliphatic carbocycles. The van der Waals surface area contributed by atoms with Crippen molar-refractivity contribution >= 4 is 16.9 Å². The summed E-state index contributed by atoms with van der Waals surface area (Å²) in [7, 11) is 2.95. The summed E-state index contributed by atoms with van der Waals surface area (Å²) in [5.41, 5.74) is 1.60. The van der Waals surface area contributed by atoms with E-state index in [-0.39, 0.29) is 17.9 Å². The van der Waals surface area contributed by atoms with Gasteiger partial charge in [0.05, 0.1) is 24.5 Å². The van der Waals surface area contributed by atoms with Crippen LogP contribution in [0.3, 0.4) is 0 Å². The average Bonchev–Trinajstić information content (AvgIpc) is 3.01. The van der Waals surface area contributed by atoms with Gasteiger partial charge in [0.25, 0.3) is 5.91 Å². The summed E-state index contributed by atoms with van der Waals surface area (Å²) in [5.74, 6) is -1.30. The number of rotatable bonds is 4. The van der Waals surface area contributed by atoms with Crippen molar-refractivity contribution in [2.75, 3.05) is 14.2 Å². The standard InChI is InChI=1S/C17H15F2N3O2/c1-22(8-10-3-4-15(24-2)13(19)5-10)17(23)12-6-11(18)7-14-16(12)21-9-20-14/h3-7,9H,8H2,1-2H3,(H,20,21). The third kappa shape index (κ3) is 2.92. The summed E-state index contributed by atoms with van der Waals surface area (Å²) in [5, 5.41) is 0. The number of benzene rings is 2. The van der Waals surface area contributed by atoms with E-state index < -0.39 is 17.5 Å². The number of hydrogen-bond donors (Lipinski definition) is 1. The van der Waals surface area contributed by atoms with Gasteiger partial charge in [-0.2, -0.15) is 0 Å². The quantitative estimate of drug-likeness (QED) is 0.799. The fraction of sp³-hybridized carbons (Fsp3) is 0.176. The molecular weight excluding hydrogens is 316 g/mol. The number of halogens is 2. The molecule has 0 aliphatic rings. The van der Waals surface area contributed by atoms with Gasteiger partial charge in [0.2, 0.25) is 0 Å². The maximum Gasteiger partial charge on any atom is 0.256 e. The smallest absolute Gasteiger partial charge is 0.256 e. The Morgan fingerprint density at radius 1 is 1.29 bits per heavy atom. The Kier molecular flexibility index (Phi) is 4.16. The van der Waals surface area contributed by atoms with Crippen LogP contribution in [-0.2, 0) is 6.54 Å². The Hall–Kier alpha value is -2.96. The molecule has 3 rings (SSSR count). The molecule has 0 unspecified atom stereocenters. The largest absolute Gasteiger partial charge is 0.494 e. The van der Waals surface area contributed by atoms with Crippen LogP contribution in [0.5, 0.6) is 5.75 Å². The van der Waals surface area contributed by atoms with Crippen molar-refractivity contribution in [1.82, 2.24) is 14.9 Å². The van der Waals surface area contributed by atoms with E-state index in [2.05, 4.69) is 9.97 Å². The SMILES string of the molecule is COc1ccc(CN(C)C(=O)c2cc(F)cc3[nH]cnc23)cc1F. The molecule has 0 aliphatic heterocycles. The first-order chi connectivity index (χ1) is 11.5. The van der Waals surface area contributed by atoms with E-state index in [0.29, 0.717) is 16.6 Å². The first-order valence-electron chi connectivity index (χ1n) is 7.20. The summed E-state index contributed by atoms with van der Waals surface area (Å²) in [6.45, 7) is 0.169. The highest BCUT2D eigenvalue weighted by Gasteiger charge is 2.18.